The van der Waals surface area contributed by atoms with Crippen LogP contribution in [0.2, 0.25) is 10.0 Å². The van der Waals surface area contributed by atoms with Crippen LogP contribution in [0.1, 0.15) is 21.5 Å². The highest BCUT2D eigenvalue weighted by Gasteiger charge is 2.14. The monoisotopic (exact) mass is 386 g/mol. The number of carbonyl (C=O) groups is 1. The van der Waals surface area contributed by atoms with Crippen LogP contribution in [-0.4, -0.2) is 10.5 Å². The lowest BCUT2D eigenvalue weighted by Gasteiger charge is -2.10. The second-order valence-electron chi connectivity index (χ2n) is 5.92. The van der Waals surface area contributed by atoms with Gasteiger partial charge in [-0.15, -0.1) is 0 Å². The van der Waals surface area contributed by atoms with E-state index in [0.29, 0.717) is 22.3 Å². The molecule has 0 aliphatic rings. The molecule has 3 rings (SSSR count). The van der Waals surface area contributed by atoms with Gasteiger partial charge in [0.15, 0.2) is 0 Å². The Bertz CT molecular complexity index is 1030. The molecule has 132 valence electrons. The fourth-order valence-corrected chi connectivity index (χ4v) is 3.08. The molecule has 26 heavy (non-hydrogen) atoms. The molecule has 4 nitrogen and oxygen atoms in total. The Kier molecular flexibility index (Phi) is 5.45. The number of halogens is 2. The summed E-state index contributed by atoms with van der Waals surface area (Å²) in [6.45, 7) is 2.38. The van der Waals surface area contributed by atoms with Gasteiger partial charge < -0.3 is 9.88 Å². The van der Waals surface area contributed by atoms with Crippen molar-refractivity contribution >= 4 is 34.8 Å². The highest BCUT2D eigenvalue weighted by molar-refractivity contribution is 6.36. The van der Waals surface area contributed by atoms with Crippen molar-refractivity contribution in [1.82, 2.24) is 4.57 Å². The molecule has 1 N–H and O–H groups in total. The van der Waals surface area contributed by atoms with Crippen LogP contribution in [0.3, 0.4) is 0 Å². The van der Waals surface area contributed by atoms with E-state index >= 15 is 0 Å². The number of aromatic nitrogens is 1. The van der Waals surface area contributed by atoms with Gasteiger partial charge in [-0.05, 0) is 42.8 Å². The first kappa shape index (κ1) is 18.2. The van der Waals surface area contributed by atoms with Gasteiger partial charge in [0, 0.05) is 11.2 Å². The predicted molar refractivity (Wildman–Crippen MR) is 105 cm³/mol. The molecule has 0 atom stereocenters. The summed E-state index contributed by atoms with van der Waals surface area (Å²) in [5, 5.41) is 3.43. The number of aryl methyl sites for hydroxylation is 1. The summed E-state index contributed by atoms with van der Waals surface area (Å²) in [6.07, 6.45) is 1.66. The lowest BCUT2D eigenvalue weighted by Crippen LogP contribution is -2.29. The predicted octanol–water partition coefficient (Wildman–Crippen LogP) is 4.76. The van der Waals surface area contributed by atoms with Gasteiger partial charge in [-0.2, -0.15) is 0 Å². The van der Waals surface area contributed by atoms with Crippen molar-refractivity contribution in [3.8, 4) is 0 Å². The number of amides is 1. The second-order valence-corrected chi connectivity index (χ2v) is 6.77. The minimum atomic E-state index is -0.516. The zero-order chi connectivity index (χ0) is 18.7. The first-order valence-corrected chi connectivity index (χ1v) is 8.71. The molecule has 0 fully saturated rings. The number of hydrogen-bond acceptors (Lipinski definition) is 2. The Morgan fingerprint density at radius 2 is 1.88 bits per heavy atom. The van der Waals surface area contributed by atoms with Gasteiger partial charge in [-0.25, -0.2) is 0 Å². The fourth-order valence-electron chi connectivity index (χ4n) is 2.62. The molecule has 0 radical (unpaired) electrons. The molecular formula is C20H16Cl2N2O2. The van der Waals surface area contributed by atoms with E-state index in [1.165, 1.54) is 16.7 Å². The third-order valence-corrected chi connectivity index (χ3v) is 4.43. The van der Waals surface area contributed by atoms with E-state index in [2.05, 4.69) is 5.32 Å². The molecule has 0 aliphatic heterocycles. The summed E-state index contributed by atoms with van der Waals surface area (Å²) in [7, 11) is 0. The van der Waals surface area contributed by atoms with E-state index < -0.39 is 5.91 Å². The Morgan fingerprint density at radius 3 is 2.62 bits per heavy atom. The van der Waals surface area contributed by atoms with E-state index in [1.807, 2.05) is 31.2 Å². The van der Waals surface area contributed by atoms with Crippen LogP contribution in [-0.2, 0) is 6.54 Å². The standard InChI is InChI=1S/C20H16Cl2N2O2/c1-13-4-2-5-14(10-13)12-24-9-3-6-16(20(24)26)19(25)23-18-8-7-15(21)11-17(18)22/h2-11H,12H2,1H3,(H,23,25). The number of hydrogen-bond donors (Lipinski definition) is 1. The summed E-state index contributed by atoms with van der Waals surface area (Å²) in [4.78, 5) is 25.2. The van der Waals surface area contributed by atoms with Crippen molar-refractivity contribution in [1.29, 1.82) is 0 Å². The fraction of sp³-hybridized carbons (Fsp3) is 0.100. The van der Waals surface area contributed by atoms with Crippen LogP contribution in [0.15, 0.2) is 65.6 Å². The molecule has 3 aromatic rings. The van der Waals surface area contributed by atoms with Crippen LogP contribution >= 0.6 is 23.2 Å². The van der Waals surface area contributed by atoms with Gasteiger partial charge in [-0.3, -0.25) is 9.59 Å². The molecule has 1 amide bonds. The van der Waals surface area contributed by atoms with Gasteiger partial charge >= 0.3 is 0 Å². The van der Waals surface area contributed by atoms with Gasteiger partial charge in [-0.1, -0.05) is 53.0 Å². The quantitative estimate of drug-likeness (QED) is 0.702. The minimum absolute atomic E-state index is 0.0474. The van der Waals surface area contributed by atoms with E-state index in [-0.39, 0.29) is 11.1 Å². The zero-order valence-corrected chi connectivity index (χ0v) is 15.5. The topological polar surface area (TPSA) is 51.1 Å². The van der Waals surface area contributed by atoms with Gasteiger partial charge in [0.2, 0.25) is 0 Å². The SMILES string of the molecule is Cc1cccc(Cn2cccc(C(=O)Nc3ccc(Cl)cc3Cl)c2=O)c1. The van der Waals surface area contributed by atoms with Gasteiger partial charge in [0.05, 0.1) is 17.3 Å². The number of rotatable bonds is 4. The average Bonchev–Trinajstić information content (AvgIpc) is 2.59. The maximum Gasteiger partial charge on any atom is 0.263 e. The van der Waals surface area contributed by atoms with E-state index in [4.69, 9.17) is 23.2 Å². The van der Waals surface area contributed by atoms with Crippen LogP contribution in [0, 0.1) is 6.92 Å². The van der Waals surface area contributed by atoms with E-state index in [9.17, 15) is 9.59 Å². The molecule has 0 saturated heterocycles. The summed E-state index contributed by atoms with van der Waals surface area (Å²) in [5.41, 5.74) is 2.18. The van der Waals surface area contributed by atoms with Gasteiger partial charge in [0.25, 0.3) is 11.5 Å². The molecule has 0 spiro atoms. The first-order chi connectivity index (χ1) is 12.4. The largest absolute Gasteiger partial charge is 0.320 e. The maximum absolute atomic E-state index is 12.7. The van der Waals surface area contributed by atoms with Crippen LogP contribution < -0.4 is 10.9 Å². The summed E-state index contributed by atoms with van der Waals surface area (Å²) < 4.78 is 1.51. The van der Waals surface area contributed by atoms with Crippen molar-refractivity contribution in [2.45, 2.75) is 13.5 Å². The summed E-state index contributed by atoms with van der Waals surface area (Å²) in [5.74, 6) is -0.516. The lowest BCUT2D eigenvalue weighted by atomic mass is 10.1. The zero-order valence-electron chi connectivity index (χ0n) is 14.0. The lowest BCUT2D eigenvalue weighted by molar-refractivity contribution is 0.102. The molecule has 2 aromatic carbocycles. The molecule has 0 aliphatic carbocycles. The number of benzene rings is 2. The van der Waals surface area contributed by atoms with Crippen molar-refractivity contribution < 1.29 is 4.79 Å². The third-order valence-electron chi connectivity index (χ3n) is 3.88. The van der Waals surface area contributed by atoms with Gasteiger partial charge in [0.1, 0.15) is 5.56 Å². The number of anilines is 1. The second kappa shape index (κ2) is 7.77. The van der Waals surface area contributed by atoms with Crippen LogP contribution in [0.5, 0.6) is 0 Å². The highest BCUT2D eigenvalue weighted by Crippen LogP contribution is 2.25. The summed E-state index contributed by atoms with van der Waals surface area (Å²) in [6, 6.07) is 15.8. The Hall–Kier alpha value is -2.56. The normalized spacial score (nSPS) is 10.6. The molecule has 6 heteroatoms. The molecular weight excluding hydrogens is 371 g/mol. The number of pyridine rings is 1. The van der Waals surface area contributed by atoms with Crippen molar-refractivity contribution in [3.05, 3.63) is 97.9 Å². The highest BCUT2D eigenvalue weighted by atomic mass is 35.5. The Labute approximate surface area is 161 Å². The molecule has 0 bridgehead atoms. The third kappa shape index (κ3) is 4.15. The summed E-state index contributed by atoms with van der Waals surface area (Å²) >= 11 is 11.9. The molecule has 0 unspecified atom stereocenters. The van der Waals surface area contributed by atoms with Crippen molar-refractivity contribution in [2.24, 2.45) is 0 Å². The molecule has 0 saturated carbocycles. The smallest absolute Gasteiger partial charge is 0.263 e. The van der Waals surface area contributed by atoms with Crippen LogP contribution in [0.4, 0.5) is 5.69 Å². The first-order valence-electron chi connectivity index (χ1n) is 7.95. The molecule has 1 heterocycles. The van der Waals surface area contributed by atoms with Crippen LogP contribution in [0.25, 0.3) is 0 Å². The molecule has 1 aromatic heterocycles. The van der Waals surface area contributed by atoms with E-state index in [1.54, 1.807) is 24.4 Å². The van der Waals surface area contributed by atoms with E-state index in [0.717, 1.165) is 11.1 Å². The minimum Gasteiger partial charge on any atom is -0.320 e. The maximum atomic E-state index is 12.7. The average molecular weight is 387 g/mol. The Balaban J connectivity index is 1.86. The number of nitrogens with one attached hydrogen (secondary N) is 1. The van der Waals surface area contributed by atoms with Crippen molar-refractivity contribution in [3.63, 3.8) is 0 Å². The van der Waals surface area contributed by atoms with Crippen molar-refractivity contribution in [2.75, 3.05) is 5.32 Å². The number of carbonyl (C=O) groups excluding carboxylic acids is 1. The number of nitrogens with zero attached hydrogens (tertiary/aromatic N) is 1. The Morgan fingerprint density at radius 1 is 1.08 bits per heavy atom.